The largest absolute Gasteiger partial charge is 0.486 e. The van der Waals surface area contributed by atoms with E-state index in [-0.39, 0.29) is 17.4 Å². The van der Waals surface area contributed by atoms with Gasteiger partial charge in [-0.3, -0.25) is 15.6 Å². The summed E-state index contributed by atoms with van der Waals surface area (Å²) in [5.41, 5.74) is 13.9. The Morgan fingerprint density at radius 2 is 1.79 bits per heavy atom. The van der Waals surface area contributed by atoms with E-state index in [1.165, 1.54) is 6.33 Å². The third kappa shape index (κ3) is 3.98. The zero-order valence-electron chi connectivity index (χ0n) is 15.7. The van der Waals surface area contributed by atoms with E-state index in [0.717, 1.165) is 11.3 Å². The third-order valence-corrected chi connectivity index (χ3v) is 4.37. The molecule has 0 atom stereocenters. The number of carbonyl (C=O) groups excluding carboxylic acids is 1. The molecule has 29 heavy (non-hydrogen) atoms. The highest BCUT2D eigenvalue weighted by Crippen LogP contribution is 2.34. The van der Waals surface area contributed by atoms with Crippen LogP contribution in [0, 0.1) is 6.92 Å². The molecular weight excluding hydrogens is 372 g/mol. The molecule has 0 unspecified atom stereocenters. The van der Waals surface area contributed by atoms with Crippen LogP contribution in [0.25, 0.3) is 0 Å². The molecule has 0 radical (unpaired) electrons. The zero-order valence-corrected chi connectivity index (χ0v) is 15.7. The van der Waals surface area contributed by atoms with Gasteiger partial charge in [-0.05, 0) is 30.7 Å². The number of benzene rings is 2. The average Bonchev–Trinajstić information content (AvgIpc) is 2.74. The summed E-state index contributed by atoms with van der Waals surface area (Å²) in [5.74, 6) is 1.73. The number of fused-ring (bicyclic) bond motifs is 1. The standard InChI is InChI=1S/C20H20N6O3/c1-12-4-2-3-5-14(12)20(27)26-25-19-17(21)18(22-11-23-19)24-13-6-7-15-16(10-13)29-9-8-28-15/h2-7,10-11H,8-9,21H2,1H3,(H,26,27)(H2,22,23,24,25). The zero-order chi connectivity index (χ0) is 20.2. The number of hydrogen-bond acceptors (Lipinski definition) is 8. The molecule has 0 aliphatic carbocycles. The number of aromatic nitrogens is 2. The quantitative estimate of drug-likeness (QED) is 0.489. The molecule has 0 saturated heterocycles. The number of nitrogens with two attached hydrogens (primary N) is 1. The molecule has 0 saturated carbocycles. The summed E-state index contributed by atoms with van der Waals surface area (Å²) in [4.78, 5) is 20.6. The Hall–Kier alpha value is -4.01. The van der Waals surface area contributed by atoms with Gasteiger partial charge in [-0.2, -0.15) is 0 Å². The van der Waals surface area contributed by atoms with Crippen molar-refractivity contribution in [2.45, 2.75) is 6.92 Å². The maximum atomic E-state index is 12.4. The first-order valence-corrected chi connectivity index (χ1v) is 9.01. The minimum atomic E-state index is -0.289. The first kappa shape index (κ1) is 18.4. The van der Waals surface area contributed by atoms with Crippen LogP contribution >= 0.6 is 0 Å². The molecule has 1 aliphatic rings. The van der Waals surface area contributed by atoms with E-state index in [1.54, 1.807) is 12.1 Å². The van der Waals surface area contributed by atoms with E-state index in [1.807, 2.05) is 37.3 Å². The maximum absolute atomic E-state index is 12.4. The topological polar surface area (TPSA) is 123 Å². The minimum absolute atomic E-state index is 0.257. The van der Waals surface area contributed by atoms with E-state index in [9.17, 15) is 4.79 Å². The summed E-state index contributed by atoms with van der Waals surface area (Å²) in [6, 6.07) is 12.7. The van der Waals surface area contributed by atoms with Crippen molar-refractivity contribution in [3.63, 3.8) is 0 Å². The molecule has 9 heteroatoms. The molecule has 9 nitrogen and oxygen atoms in total. The molecule has 1 aliphatic heterocycles. The Kier molecular flexibility index (Phi) is 5.02. The lowest BCUT2D eigenvalue weighted by Crippen LogP contribution is -2.30. The number of hydrazine groups is 1. The van der Waals surface area contributed by atoms with Gasteiger partial charge in [0.2, 0.25) is 0 Å². The lowest BCUT2D eigenvalue weighted by molar-refractivity contribution is 0.0962. The molecule has 5 N–H and O–H groups in total. The lowest BCUT2D eigenvalue weighted by Gasteiger charge is -2.19. The Balaban J connectivity index is 1.47. The van der Waals surface area contributed by atoms with Gasteiger partial charge in [0, 0.05) is 17.3 Å². The number of ether oxygens (including phenoxy) is 2. The predicted molar refractivity (Wildman–Crippen MR) is 109 cm³/mol. The first-order valence-electron chi connectivity index (χ1n) is 9.01. The fraction of sp³-hybridized carbons (Fsp3) is 0.150. The van der Waals surface area contributed by atoms with Crippen molar-refractivity contribution in [3.8, 4) is 11.5 Å². The van der Waals surface area contributed by atoms with Crippen LogP contribution in [0.2, 0.25) is 0 Å². The molecule has 0 fully saturated rings. The lowest BCUT2D eigenvalue weighted by atomic mass is 10.1. The predicted octanol–water partition coefficient (Wildman–Crippen LogP) is 2.64. The smallest absolute Gasteiger partial charge is 0.269 e. The SMILES string of the molecule is Cc1ccccc1C(=O)NNc1ncnc(Nc2ccc3c(c2)OCCO3)c1N. The van der Waals surface area contributed by atoms with E-state index < -0.39 is 0 Å². The van der Waals surface area contributed by atoms with Crippen LogP contribution in [0.5, 0.6) is 11.5 Å². The molecule has 0 spiro atoms. The summed E-state index contributed by atoms with van der Waals surface area (Å²) in [6.07, 6.45) is 1.35. The van der Waals surface area contributed by atoms with Crippen LogP contribution in [0.3, 0.4) is 0 Å². The summed E-state index contributed by atoms with van der Waals surface area (Å²) >= 11 is 0. The minimum Gasteiger partial charge on any atom is -0.486 e. The van der Waals surface area contributed by atoms with Gasteiger partial charge in [0.05, 0.1) is 0 Å². The second-order valence-corrected chi connectivity index (χ2v) is 6.36. The Labute approximate surface area is 167 Å². The number of nitrogens with zero attached hydrogens (tertiary/aromatic N) is 2. The molecular formula is C20H20N6O3. The van der Waals surface area contributed by atoms with E-state index in [2.05, 4.69) is 26.1 Å². The van der Waals surface area contributed by atoms with Crippen molar-refractivity contribution in [1.29, 1.82) is 0 Å². The fourth-order valence-corrected chi connectivity index (χ4v) is 2.86. The summed E-state index contributed by atoms with van der Waals surface area (Å²) in [7, 11) is 0. The van der Waals surface area contributed by atoms with Crippen LogP contribution in [-0.4, -0.2) is 29.1 Å². The molecule has 0 bridgehead atoms. The van der Waals surface area contributed by atoms with Gasteiger partial charge in [-0.1, -0.05) is 18.2 Å². The third-order valence-electron chi connectivity index (χ3n) is 4.37. The van der Waals surface area contributed by atoms with Crippen LogP contribution in [0.15, 0.2) is 48.8 Å². The van der Waals surface area contributed by atoms with E-state index in [0.29, 0.717) is 36.1 Å². The summed E-state index contributed by atoms with van der Waals surface area (Å²) < 4.78 is 11.1. The van der Waals surface area contributed by atoms with E-state index >= 15 is 0 Å². The van der Waals surface area contributed by atoms with Gasteiger partial charge in [-0.25, -0.2) is 9.97 Å². The molecule has 2 aromatic carbocycles. The van der Waals surface area contributed by atoms with Gasteiger partial charge in [0.1, 0.15) is 25.2 Å². The van der Waals surface area contributed by atoms with Crippen LogP contribution in [-0.2, 0) is 0 Å². The number of nitrogens with one attached hydrogen (secondary N) is 3. The molecule has 4 rings (SSSR count). The Bertz CT molecular complexity index is 1060. The highest BCUT2D eigenvalue weighted by molar-refractivity contribution is 5.96. The van der Waals surface area contributed by atoms with Crippen molar-refractivity contribution in [2.24, 2.45) is 0 Å². The molecule has 3 aromatic rings. The summed E-state index contributed by atoms with van der Waals surface area (Å²) in [5, 5.41) is 3.13. The Morgan fingerprint density at radius 3 is 2.62 bits per heavy atom. The molecule has 1 aromatic heterocycles. The van der Waals surface area contributed by atoms with Crippen molar-refractivity contribution in [1.82, 2.24) is 15.4 Å². The second kappa shape index (κ2) is 7.93. The number of amides is 1. The highest BCUT2D eigenvalue weighted by Gasteiger charge is 2.14. The number of carbonyl (C=O) groups is 1. The molecule has 148 valence electrons. The van der Waals surface area contributed by atoms with Crippen LogP contribution < -0.4 is 31.4 Å². The average molecular weight is 392 g/mol. The van der Waals surface area contributed by atoms with Gasteiger partial charge in [0.15, 0.2) is 23.1 Å². The van der Waals surface area contributed by atoms with Crippen LogP contribution in [0.4, 0.5) is 23.0 Å². The molecule has 1 amide bonds. The Morgan fingerprint density at radius 1 is 1.03 bits per heavy atom. The number of rotatable bonds is 5. The first-order chi connectivity index (χ1) is 14.1. The van der Waals surface area contributed by atoms with Crippen molar-refractivity contribution in [2.75, 3.05) is 29.7 Å². The highest BCUT2D eigenvalue weighted by atomic mass is 16.6. The monoisotopic (exact) mass is 392 g/mol. The van der Waals surface area contributed by atoms with Crippen LogP contribution in [0.1, 0.15) is 15.9 Å². The normalized spacial score (nSPS) is 12.2. The number of nitrogen functional groups attached to an aromatic ring is 1. The maximum Gasteiger partial charge on any atom is 0.269 e. The van der Waals surface area contributed by atoms with Crippen molar-refractivity contribution in [3.05, 3.63) is 59.9 Å². The van der Waals surface area contributed by atoms with Gasteiger partial charge < -0.3 is 20.5 Å². The fourth-order valence-electron chi connectivity index (χ4n) is 2.86. The summed E-state index contributed by atoms with van der Waals surface area (Å²) in [6.45, 7) is 2.89. The number of aryl methyl sites for hydroxylation is 1. The molecule has 2 heterocycles. The van der Waals surface area contributed by atoms with Crippen molar-refractivity contribution >= 4 is 28.9 Å². The van der Waals surface area contributed by atoms with Gasteiger partial charge in [0.25, 0.3) is 5.91 Å². The van der Waals surface area contributed by atoms with Crippen molar-refractivity contribution < 1.29 is 14.3 Å². The number of anilines is 4. The second-order valence-electron chi connectivity index (χ2n) is 6.36. The van der Waals surface area contributed by atoms with Gasteiger partial charge >= 0.3 is 0 Å². The van der Waals surface area contributed by atoms with Gasteiger partial charge in [-0.15, -0.1) is 0 Å². The van der Waals surface area contributed by atoms with E-state index in [4.69, 9.17) is 15.2 Å². The number of hydrogen-bond donors (Lipinski definition) is 4.